The second-order valence-electron chi connectivity index (χ2n) is 5.71. The van der Waals surface area contributed by atoms with Crippen LogP contribution >= 0.6 is 0 Å². The van der Waals surface area contributed by atoms with E-state index in [1.54, 1.807) is 0 Å². The molecule has 0 bridgehead atoms. The molecule has 1 aliphatic heterocycles. The maximum Gasteiger partial charge on any atom is 0.0494 e. The average molecular weight is 240 g/mol. The van der Waals surface area contributed by atoms with E-state index >= 15 is 0 Å². The van der Waals surface area contributed by atoms with Gasteiger partial charge in [0, 0.05) is 25.3 Å². The monoisotopic (exact) mass is 240 g/mol. The van der Waals surface area contributed by atoms with Crippen molar-refractivity contribution in [1.82, 2.24) is 4.90 Å². The molecule has 0 radical (unpaired) electrons. The van der Waals surface area contributed by atoms with Gasteiger partial charge >= 0.3 is 0 Å². The van der Waals surface area contributed by atoms with E-state index in [0.717, 1.165) is 25.2 Å². The van der Waals surface area contributed by atoms with Gasteiger partial charge in [-0.2, -0.15) is 0 Å². The topological polar surface area (TPSA) is 38.5 Å². The van der Waals surface area contributed by atoms with E-state index in [1.807, 2.05) is 0 Å². The quantitative estimate of drug-likeness (QED) is 0.817. The lowest BCUT2D eigenvalue weighted by atomic mass is 9.85. The van der Waals surface area contributed by atoms with Crippen molar-refractivity contribution in [2.75, 3.05) is 26.3 Å². The number of ether oxygens (including phenoxy) is 1. The third-order valence-corrected chi connectivity index (χ3v) is 4.46. The van der Waals surface area contributed by atoms with E-state index in [0.29, 0.717) is 6.04 Å². The Balaban J connectivity index is 1.68. The van der Waals surface area contributed by atoms with Gasteiger partial charge in [0.25, 0.3) is 0 Å². The van der Waals surface area contributed by atoms with Crippen molar-refractivity contribution in [3.8, 4) is 0 Å². The predicted octanol–water partition coefficient (Wildman–Crippen LogP) is 2.00. The predicted molar refractivity (Wildman–Crippen MR) is 71.0 cm³/mol. The highest BCUT2D eigenvalue weighted by atomic mass is 16.5. The smallest absolute Gasteiger partial charge is 0.0494 e. The van der Waals surface area contributed by atoms with Gasteiger partial charge in [0.2, 0.25) is 0 Å². The summed E-state index contributed by atoms with van der Waals surface area (Å²) in [6.45, 7) is 6.38. The van der Waals surface area contributed by atoms with Crippen LogP contribution < -0.4 is 5.73 Å². The first-order valence-corrected chi connectivity index (χ1v) is 7.37. The minimum atomic E-state index is 0.459. The van der Waals surface area contributed by atoms with E-state index in [1.165, 1.54) is 51.6 Å². The van der Waals surface area contributed by atoms with E-state index in [4.69, 9.17) is 10.5 Å². The van der Waals surface area contributed by atoms with Crippen LogP contribution in [0.4, 0.5) is 0 Å². The first-order valence-electron chi connectivity index (χ1n) is 7.37. The van der Waals surface area contributed by atoms with Gasteiger partial charge in [-0.15, -0.1) is 0 Å². The number of nitrogens with zero attached hydrogens (tertiary/aromatic N) is 1. The molecule has 2 N–H and O–H groups in total. The normalized spacial score (nSPS) is 32.8. The zero-order valence-corrected chi connectivity index (χ0v) is 11.2. The fourth-order valence-corrected chi connectivity index (χ4v) is 3.25. The lowest BCUT2D eigenvalue weighted by molar-refractivity contribution is 0.0620. The Morgan fingerprint density at radius 2 is 1.71 bits per heavy atom. The first kappa shape index (κ1) is 13.3. The molecule has 0 aromatic rings. The first-order chi connectivity index (χ1) is 8.29. The van der Waals surface area contributed by atoms with Gasteiger partial charge in [-0.25, -0.2) is 0 Å². The van der Waals surface area contributed by atoms with E-state index < -0.39 is 0 Å². The molecule has 1 aliphatic carbocycles. The van der Waals surface area contributed by atoms with Crippen molar-refractivity contribution >= 4 is 0 Å². The maximum atomic E-state index is 5.96. The molecule has 0 spiro atoms. The van der Waals surface area contributed by atoms with Gasteiger partial charge < -0.3 is 15.4 Å². The summed E-state index contributed by atoms with van der Waals surface area (Å²) < 4.78 is 5.54. The maximum absolute atomic E-state index is 5.96. The number of rotatable bonds is 4. The SMILES string of the molecule is CCOCC1CCC(N2CCC(N)CC2)CC1. The van der Waals surface area contributed by atoms with Gasteiger partial charge in [0.1, 0.15) is 0 Å². The highest BCUT2D eigenvalue weighted by molar-refractivity contribution is 4.83. The van der Waals surface area contributed by atoms with Crippen LogP contribution in [0.2, 0.25) is 0 Å². The molecule has 0 amide bonds. The highest BCUT2D eigenvalue weighted by Crippen LogP contribution is 2.29. The summed E-state index contributed by atoms with van der Waals surface area (Å²) in [4.78, 5) is 2.68. The summed E-state index contributed by atoms with van der Waals surface area (Å²) in [7, 11) is 0. The van der Waals surface area contributed by atoms with Crippen molar-refractivity contribution in [3.63, 3.8) is 0 Å². The average Bonchev–Trinajstić information content (AvgIpc) is 2.38. The van der Waals surface area contributed by atoms with E-state index in [2.05, 4.69) is 11.8 Å². The van der Waals surface area contributed by atoms with Crippen LogP contribution in [0, 0.1) is 5.92 Å². The highest BCUT2D eigenvalue weighted by Gasteiger charge is 2.27. The minimum absolute atomic E-state index is 0.459. The molecule has 0 unspecified atom stereocenters. The number of hydrogen-bond donors (Lipinski definition) is 1. The van der Waals surface area contributed by atoms with Gasteiger partial charge in [-0.3, -0.25) is 0 Å². The van der Waals surface area contributed by atoms with Crippen LogP contribution in [0.5, 0.6) is 0 Å². The molecule has 2 rings (SSSR count). The van der Waals surface area contributed by atoms with Crippen LogP contribution in [0.25, 0.3) is 0 Å². The summed E-state index contributed by atoms with van der Waals surface area (Å²) in [6.07, 6.45) is 7.83. The van der Waals surface area contributed by atoms with Crippen molar-refractivity contribution in [2.45, 2.75) is 57.5 Å². The Morgan fingerprint density at radius 3 is 2.29 bits per heavy atom. The molecule has 0 aromatic heterocycles. The van der Waals surface area contributed by atoms with Crippen LogP contribution in [0.1, 0.15) is 45.4 Å². The molecule has 3 heteroatoms. The summed E-state index contributed by atoms with van der Waals surface area (Å²) in [6, 6.07) is 1.29. The summed E-state index contributed by atoms with van der Waals surface area (Å²) in [5, 5.41) is 0. The molecular weight excluding hydrogens is 212 g/mol. The zero-order chi connectivity index (χ0) is 12.1. The van der Waals surface area contributed by atoms with Gasteiger partial charge in [-0.1, -0.05) is 0 Å². The van der Waals surface area contributed by atoms with Crippen LogP contribution in [-0.4, -0.2) is 43.3 Å². The molecule has 2 fully saturated rings. The van der Waals surface area contributed by atoms with Gasteiger partial charge in [0.15, 0.2) is 0 Å². The van der Waals surface area contributed by atoms with Crippen LogP contribution in [0.15, 0.2) is 0 Å². The zero-order valence-electron chi connectivity index (χ0n) is 11.2. The fraction of sp³-hybridized carbons (Fsp3) is 1.00. The van der Waals surface area contributed by atoms with E-state index in [-0.39, 0.29) is 0 Å². The third kappa shape index (κ3) is 3.94. The number of hydrogen-bond acceptors (Lipinski definition) is 3. The molecule has 3 nitrogen and oxygen atoms in total. The van der Waals surface area contributed by atoms with Crippen molar-refractivity contribution in [2.24, 2.45) is 11.7 Å². The third-order valence-electron chi connectivity index (χ3n) is 4.46. The standard InChI is InChI=1S/C14H28N2O/c1-2-17-11-12-3-5-14(6-4-12)16-9-7-13(15)8-10-16/h12-14H,2-11,15H2,1H3. The molecule has 1 saturated carbocycles. The van der Waals surface area contributed by atoms with Gasteiger partial charge in [-0.05, 0) is 64.5 Å². The Hall–Kier alpha value is -0.120. The largest absolute Gasteiger partial charge is 0.381 e. The molecule has 100 valence electrons. The Labute approximate surface area is 106 Å². The summed E-state index contributed by atoms with van der Waals surface area (Å²) in [5.41, 5.74) is 5.96. The summed E-state index contributed by atoms with van der Waals surface area (Å²) in [5.74, 6) is 0.818. The molecule has 0 aromatic carbocycles. The lowest BCUT2D eigenvalue weighted by Crippen LogP contribution is -2.46. The molecule has 0 atom stereocenters. The Kier molecular flexibility index (Phi) is 5.26. The Bertz CT molecular complexity index is 206. The second kappa shape index (κ2) is 6.72. The molecule has 1 saturated heterocycles. The van der Waals surface area contributed by atoms with Crippen molar-refractivity contribution in [3.05, 3.63) is 0 Å². The Morgan fingerprint density at radius 1 is 1.06 bits per heavy atom. The molecule has 17 heavy (non-hydrogen) atoms. The van der Waals surface area contributed by atoms with Gasteiger partial charge in [0.05, 0.1) is 0 Å². The number of nitrogens with two attached hydrogens (primary N) is 1. The van der Waals surface area contributed by atoms with Crippen molar-refractivity contribution < 1.29 is 4.74 Å². The van der Waals surface area contributed by atoms with E-state index in [9.17, 15) is 0 Å². The number of likely N-dealkylation sites (tertiary alicyclic amines) is 1. The fourth-order valence-electron chi connectivity index (χ4n) is 3.25. The minimum Gasteiger partial charge on any atom is -0.381 e. The molecule has 1 heterocycles. The molecule has 2 aliphatic rings. The summed E-state index contributed by atoms with van der Waals surface area (Å²) >= 11 is 0. The number of piperidine rings is 1. The lowest BCUT2D eigenvalue weighted by Gasteiger charge is -2.40. The van der Waals surface area contributed by atoms with Crippen molar-refractivity contribution in [1.29, 1.82) is 0 Å². The van der Waals surface area contributed by atoms with Crippen LogP contribution in [-0.2, 0) is 4.74 Å². The molecular formula is C14H28N2O. The van der Waals surface area contributed by atoms with Crippen LogP contribution in [0.3, 0.4) is 0 Å². The second-order valence-corrected chi connectivity index (χ2v) is 5.71.